The Morgan fingerprint density at radius 3 is 2.35 bits per heavy atom. The van der Waals surface area contributed by atoms with Gasteiger partial charge in [0.15, 0.2) is 11.5 Å². The van der Waals surface area contributed by atoms with Crippen molar-refractivity contribution < 1.29 is 19.1 Å². The van der Waals surface area contributed by atoms with Crippen LogP contribution in [0.2, 0.25) is 0 Å². The monoisotopic (exact) mass is 284 g/mol. The van der Waals surface area contributed by atoms with E-state index in [0.29, 0.717) is 30.2 Å². The van der Waals surface area contributed by atoms with E-state index in [1.165, 1.54) is 20.3 Å². The lowest BCUT2D eigenvalue weighted by molar-refractivity contribution is -0.385. The highest BCUT2D eigenvalue weighted by atomic mass is 16.6. The lowest BCUT2D eigenvalue weighted by atomic mass is 10.1. The Morgan fingerprint density at radius 1 is 1.25 bits per heavy atom. The number of nitro benzene ring substituents is 1. The Morgan fingerprint density at radius 2 is 1.85 bits per heavy atom. The Balaban J connectivity index is 3.00. The Labute approximate surface area is 118 Å². The zero-order chi connectivity index (χ0) is 15.1. The maximum absolute atomic E-state index is 11.1. The maximum Gasteiger partial charge on any atom is 0.277 e. The number of nitrogens with one attached hydrogen (secondary N) is 1. The number of benzene rings is 1. The lowest BCUT2D eigenvalue weighted by Gasteiger charge is -2.14. The molecule has 1 rings (SSSR count). The highest BCUT2D eigenvalue weighted by molar-refractivity contribution is 5.54. The van der Waals surface area contributed by atoms with Crippen molar-refractivity contribution in [1.82, 2.24) is 5.32 Å². The summed E-state index contributed by atoms with van der Waals surface area (Å²) >= 11 is 0. The first kappa shape index (κ1) is 16.2. The summed E-state index contributed by atoms with van der Waals surface area (Å²) in [5.41, 5.74) is 0.537. The fraction of sp³-hybridized carbons (Fsp3) is 0.538. The molecule has 1 aromatic rings. The van der Waals surface area contributed by atoms with Gasteiger partial charge in [0.05, 0.1) is 31.8 Å². The van der Waals surface area contributed by atoms with Crippen LogP contribution in [0.4, 0.5) is 5.69 Å². The molecule has 0 aromatic heterocycles. The van der Waals surface area contributed by atoms with Crippen molar-refractivity contribution in [3.8, 4) is 11.5 Å². The third kappa shape index (κ3) is 4.07. The smallest absolute Gasteiger partial charge is 0.277 e. The van der Waals surface area contributed by atoms with Gasteiger partial charge in [0, 0.05) is 25.3 Å². The first-order valence-corrected chi connectivity index (χ1v) is 6.15. The molecule has 0 saturated carbocycles. The first-order chi connectivity index (χ1) is 9.53. The minimum atomic E-state index is -0.431. The molecule has 0 spiro atoms. The highest BCUT2D eigenvalue weighted by Gasteiger charge is 2.19. The Kier molecular flexibility index (Phi) is 6.20. The van der Waals surface area contributed by atoms with E-state index in [2.05, 4.69) is 5.32 Å². The molecule has 1 unspecified atom stereocenters. The van der Waals surface area contributed by atoms with Crippen molar-refractivity contribution in [2.45, 2.75) is 19.5 Å². The number of hydrogen-bond donors (Lipinski definition) is 1. The van der Waals surface area contributed by atoms with Gasteiger partial charge in [0.2, 0.25) is 0 Å². The topological polar surface area (TPSA) is 82.9 Å². The van der Waals surface area contributed by atoms with Gasteiger partial charge in [-0.2, -0.15) is 0 Å². The van der Waals surface area contributed by atoms with Crippen molar-refractivity contribution >= 4 is 5.69 Å². The first-order valence-electron chi connectivity index (χ1n) is 6.15. The van der Waals surface area contributed by atoms with Gasteiger partial charge >= 0.3 is 0 Å². The van der Waals surface area contributed by atoms with E-state index in [9.17, 15) is 10.1 Å². The molecular weight excluding hydrogens is 264 g/mol. The van der Waals surface area contributed by atoms with Gasteiger partial charge < -0.3 is 19.5 Å². The molecule has 7 nitrogen and oxygen atoms in total. The van der Waals surface area contributed by atoms with E-state index in [4.69, 9.17) is 14.2 Å². The third-order valence-corrected chi connectivity index (χ3v) is 2.84. The fourth-order valence-corrected chi connectivity index (χ4v) is 1.82. The molecule has 1 aromatic carbocycles. The number of hydrogen-bond acceptors (Lipinski definition) is 6. The van der Waals surface area contributed by atoms with Gasteiger partial charge in [0.25, 0.3) is 5.69 Å². The fourth-order valence-electron chi connectivity index (χ4n) is 1.82. The summed E-state index contributed by atoms with van der Waals surface area (Å²) in [5, 5.41) is 14.3. The summed E-state index contributed by atoms with van der Waals surface area (Å²) in [6, 6.07) is 3.08. The molecule has 0 radical (unpaired) electrons. The third-order valence-electron chi connectivity index (χ3n) is 2.84. The second-order valence-corrected chi connectivity index (χ2v) is 4.33. The predicted octanol–water partition coefficient (Wildman–Crippen LogP) is 1.74. The van der Waals surface area contributed by atoms with Crippen molar-refractivity contribution in [3.05, 3.63) is 27.8 Å². The Bertz CT molecular complexity index is 464. The molecule has 0 aliphatic carbocycles. The van der Waals surface area contributed by atoms with Gasteiger partial charge in [0.1, 0.15) is 0 Å². The lowest BCUT2D eigenvalue weighted by Crippen LogP contribution is -2.29. The summed E-state index contributed by atoms with van der Waals surface area (Å²) in [6.45, 7) is 2.82. The molecule has 112 valence electrons. The van der Waals surface area contributed by atoms with E-state index in [1.54, 1.807) is 13.2 Å². The SMILES string of the molecule is COCC(C)NCc1cc(OC)c(OC)cc1[N+](=O)[O-]. The van der Waals surface area contributed by atoms with E-state index >= 15 is 0 Å². The minimum absolute atomic E-state index is 0.000216. The molecule has 1 atom stereocenters. The van der Waals surface area contributed by atoms with Crippen LogP contribution in [0.5, 0.6) is 11.5 Å². The van der Waals surface area contributed by atoms with Crippen LogP contribution in [-0.2, 0) is 11.3 Å². The number of methoxy groups -OCH3 is 3. The molecule has 7 heteroatoms. The van der Waals surface area contributed by atoms with Crippen LogP contribution < -0.4 is 14.8 Å². The van der Waals surface area contributed by atoms with Crippen molar-refractivity contribution in [2.75, 3.05) is 27.9 Å². The molecular formula is C13H20N2O5. The minimum Gasteiger partial charge on any atom is -0.493 e. The van der Waals surface area contributed by atoms with Crippen LogP contribution in [-0.4, -0.2) is 38.9 Å². The van der Waals surface area contributed by atoms with E-state index < -0.39 is 4.92 Å². The Hall–Kier alpha value is -1.86. The second-order valence-electron chi connectivity index (χ2n) is 4.33. The van der Waals surface area contributed by atoms with Crippen LogP contribution in [0, 0.1) is 10.1 Å². The zero-order valence-electron chi connectivity index (χ0n) is 12.1. The quantitative estimate of drug-likeness (QED) is 0.578. The summed E-state index contributed by atoms with van der Waals surface area (Å²) in [6.07, 6.45) is 0. The summed E-state index contributed by atoms with van der Waals surface area (Å²) in [5.74, 6) is 0.808. The molecule has 0 aliphatic rings. The molecule has 0 fully saturated rings. The van der Waals surface area contributed by atoms with Crippen molar-refractivity contribution in [2.24, 2.45) is 0 Å². The van der Waals surface area contributed by atoms with Crippen molar-refractivity contribution in [1.29, 1.82) is 0 Å². The maximum atomic E-state index is 11.1. The molecule has 0 heterocycles. The van der Waals surface area contributed by atoms with E-state index in [0.717, 1.165) is 0 Å². The standard InChI is InChI=1S/C13H20N2O5/c1-9(8-18-2)14-7-10-5-12(19-3)13(20-4)6-11(10)15(16)17/h5-6,9,14H,7-8H2,1-4H3. The molecule has 20 heavy (non-hydrogen) atoms. The largest absolute Gasteiger partial charge is 0.493 e. The van der Waals surface area contributed by atoms with Gasteiger partial charge in [-0.25, -0.2) is 0 Å². The molecule has 0 amide bonds. The summed E-state index contributed by atoms with van der Waals surface area (Å²) in [7, 11) is 4.55. The number of rotatable bonds is 8. The molecule has 1 N–H and O–H groups in total. The molecule has 0 bridgehead atoms. The van der Waals surface area contributed by atoms with E-state index in [1.807, 2.05) is 6.92 Å². The van der Waals surface area contributed by atoms with Crippen LogP contribution in [0.25, 0.3) is 0 Å². The van der Waals surface area contributed by atoms with Gasteiger partial charge in [-0.05, 0) is 13.0 Å². The predicted molar refractivity (Wildman–Crippen MR) is 74.4 cm³/mol. The van der Waals surface area contributed by atoms with Crippen LogP contribution in [0.3, 0.4) is 0 Å². The number of nitro groups is 1. The van der Waals surface area contributed by atoms with Crippen LogP contribution in [0.1, 0.15) is 12.5 Å². The summed E-state index contributed by atoms with van der Waals surface area (Å²) in [4.78, 5) is 10.7. The number of ether oxygens (including phenoxy) is 3. The zero-order valence-corrected chi connectivity index (χ0v) is 12.1. The normalized spacial score (nSPS) is 12.0. The number of nitrogens with zero attached hydrogens (tertiary/aromatic N) is 1. The average molecular weight is 284 g/mol. The highest BCUT2D eigenvalue weighted by Crippen LogP contribution is 2.34. The summed E-state index contributed by atoms with van der Waals surface area (Å²) < 4.78 is 15.3. The second kappa shape index (κ2) is 7.66. The van der Waals surface area contributed by atoms with Crippen molar-refractivity contribution in [3.63, 3.8) is 0 Å². The van der Waals surface area contributed by atoms with Crippen LogP contribution >= 0.6 is 0 Å². The average Bonchev–Trinajstić information content (AvgIpc) is 2.44. The van der Waals surface area contributed by atoms with E-state index in [-0.39, 0.29) is 11.7 Å². The van der Waals surface area contributed by atoms with Crippen LogP contribution in [0.15, 0.2) is 12.1 Å². The molecule has 0 saturated heterocycles. The van der Waals surface area contributed by atoms with Gasteiger partial charge in [-0.15, -0.1) is 0 Å². The van der Waals surface area contributed by atoms with Gasteiger partial charge in [-0.1, -0.05) is 0 Å². The van der Waals surface area contributed by atoms with Gasteiger partial charge in [-0.3, -0.25) is 10.1 Å². The molecule has 0 aliphatic heterocycles.